The van der Waals surface area contributed by atoms with E-state index in [0.29, 0.717) is 19.6 Å². The number of nitrogens with one attached hydrogen (secondary N) is 1. The molecule has 0 aliphatic rings. The number of methoxy groups -OCH3 is 2. The number of amides is 1. The zero-order valence-electron chi connectivity index (χ0n) is 17.4. The van der Waals surface area contributed by atoms with Crippen LogP contribution in [0.25, 0.3) is 0 Å². The first-order valence-corrected chi connectivity index (χ1v) is 9.75. The van der Waals surface area contributed by atoms with Crippen LogP contribution in [0.5, 0.6) is 5.75 Å². The Bertz CT molecular complexity index is 762. The third kappa shape index (κ3) is 7.95. The van der Waals surface area contributed by atoms with Gasteiger partial charge in [0.2, 0.25) is 5.91 Å². The summed E-state index contributed by atoms with van der Waals surface area (Å²) < 4.78 is 9.98. The molecule has 1 N–H and O–H groups in total. The van der Waals surface area contributed by atoms with E-state index in [4.69, 9.17) is 9.47 Å². The van der Waals surface area contributed by atoms with Gasteiger partial charge in [-0.15, -0.1) is 0 Å². The maximum atomic E-state index is 12.5. The maximum Gasteiger partial charge on any atom is 0.309 e. The second-order valence-electron chi connectivity index (χ2n) is 7.03. The summed E-state index contributed by atoms with van der Waals surface area (Å²) in [5.41, 5.74) is 2.22. The highest BCUT2D eigenvalue weighted by atomic mass is 16.5. The van der Waals surface area contributed by atoms with E-state index in [0.717, 1.165) is 23.3 Å². The number of hydrogen-bond acceptors (Lipinski definition) is 5. The van der Waals surface area contributed by atoms with Gasteiger partial charge in [0.1, 0.15) is 5.75 Å². The van der Waals surface area contributed by atoms with Crippen LogP contribution in [0, 0.1) is 5.92 Å². The fourth-order valence-corrected chi connectivity index (χ4v) is 3.09. The van der Waals surface area contributed by atoms with Crippen molar-refractivity contribution in [2.75, 3.05) is 33.9 Å². The van der Waals surface area contributed by atoms with Crippen LogP contribution in [-0.2, 0) is 27.3 Å². The summed E-state index contributed by atoms with van der Waals surface area (Å²) in [5, 5.41) is 2.96. The summed E-state index contributed by atoms with van der Waals surface area (Å²) in [6.07, 6.45) is 0.743. The Kier molecular flexibility index (Phi) is 9.18. The molecular formula is C23H30N2O4. The molecule has 0 aliphatic carbocycles. The fourth-order valence-electron chi connectivity index (χ4n) is 3.09. The molecule has 0 spiro atoms. The van der Waals surface area contributed by atoms with Crippen LogP contribution in [0.15, 0.2) is 54.6 Å². The Morgan fingerprint density at radius 2 is 1.69 bits per heavy atom. The average Bonchev–Trinajstić information content (AvgIpc) is 2.74. The molecule has 0 saturated carbocycles. The van der Waals surface area contributed by atoms with Gasteiger partial charge in [-0.25, -0.2) is 0 Å². The third-order valence-electron chi connectivity index (χ3n) is 4.65. The smallest absolute Gasteiger partial charge is 0.309 e. The molecule has 6 nitrogen and oxygen atoms in total. The highest BCUT2D eigenvalue weighted by molar-refractivity contribution is 5.78. The number of benzene rings is 2. The Labute approximate surface area is 172 Å². The van der Waals surface area contributed by atoms with Crippen molar-refractivity contribution in [3.8, 4) is 5.75 Å². The van der Waals surface area contributed by atoms with E-state index in [1.54, 1.807) is 7.11 Å². The number of hydrogen-bond donors (Lipinski definition) is 1. The van der Waals surface area contributed by atoms with Crippen molar-refractivity contribution in [1.29, 1.82) is 0 Å². The lowest BCUT2D eigenvalue weighted by molar-refractivity contribution is -0.145. The van der Waals surface area contributed by atoms with Crippen molar-refractivity contribution in [3.05, 3.63) is 65.7 Å². The van der Waals surface area contributed by atoms with Gasteiger partial charge >= 0.3 is 5.97 Å². The number of esters is 1. The van der Waals surface area contributed by atoms with Crippen LogP contribution in [0.3, 0.4) is 0 Å². The van der Waals surface area contributed by atoms with Crippen molar-refractivity contribution in [2.45, 2.75) is 19.9 Å². The van der Waals surface area contributed by atoms with Gasteiger partial charge in [-0.05, 0) is 29.7 Å². The van der Waals surface area contributed by atoms with Gasteiger partial charge in [0, 0.05) is 19.6 Å². The number of nitrogens with zero attached hydrogens (tertiary/aromatic N) is 1. The number of carbonyl (C=O) groups excluding carboxylic acids is 2. The summed E-state index contributed by atoms with van der Waals surface area (Å²) in [4.78, 5) is 26.2. The molecular weight excluding hydrogens is 368 g/mol. The van der Waals surface area contributed by atoms with Gasteiger partial charge in [0.05, 0.1) is 26.7 Å². The first-order chi connectivity index (χ1) is 14.0. The quantitative estimate of drug-likeness (QED) is 0.590. The van der Waals surface area contributed by atoms with Gasteiger partial charge in [-0.2, -0.15) is 0 Å². The predicted molar refractivity (Wildman–Crippen MR) is 113 cm³/mol. The lowest BCUT2D eigenvalue weighted by Gasteiger charge is -2.24. The zero-order valence-corrected chi connectivity index (χ0v) is 17.4. The summed E-state index contributed by atoms with van der Waals surface area (Å²) >= 11 is 0. The second-order valence-corrected chi connectivity index (χ2v) is 7.03. The SMILES string of the molecule is COC(=O)C(C)CN(CC(=O)NCCc1ccc(OC)cc1)Cc1ccccc1. The maximum absolute atomic E-state index is 12.5. The van der Waals surface area contributed by atoms with Crippen molar-refractivity contribution in [1.82, 2.24) is 10.2 Å². The molecule has 156 valence electrons. The monoisotopic (exact) mass is 398 g/mol. The minimum Gasteiger partial charge on any atom is -0.497 e. The van der Waals surface area contributed by atoms with E-state index in [9.17, 15) is 9.59 Å². The van der Waals surface area contributed by atoms with E-state index in [1.165, 1.54) is 7.11 Å². The highest BCUT2D eigenvalue weighted by Gasteiger charge is 2.19. The van der Waals surface area contributed by atoms with E-state index < -0.39 is 0 Å². The third-order valence-corrected chi connectivity index (χ3v) is 4.65. The molecule has 0 saturated heterocycles. The molecule has 0 radical (unpaired) electrons. The van der Waals surface area contributed by atoms with E-state index in [1.807, 2.05) is 66.4 Å². The minimum atomic E-state index is -0.309. The number of carbonyl (C=O) groups is 2. The Balaban J connectivity index is 1.88. The lowest BCUT2D eigenvalue weighted by atomic mass is 10.1. The van der Waals surface area contributed by atoms with Gasteiger partial charge in [-0.1, -0.05) is 49.4 Å². The first kappa shape index (κ1) is 22.4. The molecule has 2 rings (SSSR count). The first-order valence-electron chi connectivity index (χ1n) is 9.75. The van der Waals surface area contributed by atoms with Crippen molar-refractivity contribution in [2.24, 2.45) is 5.92 Å². The summed E-state index contributed by atoms with van der Waals surface area (Å²) in [5.74, 6) is 0.166. The van der Waals surface area contributed by atoms with E-state index in [-0.39, 0.29) is 24.3 Å². The number of ether oxygens (including phenoxy) is 2. The van der Waals surface area contributed by atoms with Crippen LogP contribution in [0.1, 0.15) is 18.1 Å². The fraction of sp³-hybridized carbons (Fsp3) is 0.391. The molecule has 2 aromatic rings. The number of rotatable bonds is 11. The molecule has 0 aromatic heterocycles. The Morgan fingerprint density at radius 3 is 2.31 bits per heavy atom. The van der Waals surface area contributed by atoms with Crippen molar-refractivity contribution >= 4 is 11.9 Å². The second kappa shape index (κ2) is 11.9. The van der Waals surface area contributed by atoms with E-state index >= 15 is 0 Å². The summed E-state index contributed by atoms with van der Waals surface area (Å²) in [6, 6.07) is 17.7. The van der Waals surface area contributed by atoms with Gasteiger partial charge < -0.3 is 14.8 Å². The zero-order chi connectivity index (χ0) is 21.1. The lowest BCUT2D eigenvalue weighted by Crippen LogP contribution is -2.40. The predicted octanol–water partition coefficient (Wildman–Crippen LogP) is 2.67. The standard InChI is InChI=1S/C23H30N2O4/c1-18(23(27)29-3)15-25(16-20-7-5-4-6-8-20)17-22(26)24-14-13-19-9-11-21(28-2)12-10-19/h4-12,18H,13-17H2,1-3H3,(H,24,26). The van der Waals surface area contributed by atoms with Crippen molar-refractivity contribution in [3.63, 3.8) is 0 Å². The normalized spacial score (nSPS) is 11.7. The Morgan fingerprint density at radius 1 is 1.00 bits per heavy atom. The molecule has 2 aromatic carbocycles. The van der Waals surface area contributed by atoms with Gasteiger partial charge in [0.25, 0.3) is 0 Å². The molecule has 0 fully saturated rings. The summed E-state index contributed by atoms with van der Waals surface area (Å²) in [6.45, 7) is 3.63. The highest BCUT2D eigenvalue weighted by Crippen LogP contribution is 2.11. The molecule has 1 unspecified atom stereocenters. The molecule has 29 heavy (non-hydrogen) atoms. The van der Waals surface area contributed by atoms with Crippen molar-refractivity contribution < 1.29 is 19.1 Å². The molecule has 1 amide bonds. The molecule has 0 heterocycles. The van der Waals surface area contributed by atoms with Crippen LogP contribution in [0.2, 0.25) is 0 Å². The van der Waals surface area contributed by atoms with Crippen LogP contribution < -0.4 is 10.1 Å². The Hall–Kier alpha value is -2.86. The molecule has 6 heteroatoms. The average molecular weight is 399 g/mol. The van der Waals surface area contributed by atoms with Crippen LogP contribution in [0.4, 0.5) is 0 Å². The van der Waals surface area contributed by atoms with E-state index in [2.05, 4.69) is 5.32 Å². The molecule has 0 aliphatic heterocycles. The molecule has 0 bridgehead atoms. The van der Waals surface area contributed by atoms with Crippen LogP contribution >= 0.6 is 0 Å². The van der Waals surface area contributed by atoms with Crippen LogP contribution in [-0.4, -0.2) is 50.6 Å². The minimum absolute atomic E-state index is 0.0634. The molecule has 1 atom stereocenters. The summed E-state index contributed by atoms with van der Waals surface area (Å²) in [7, 11) is 3.02. The van der Waals surface area contributed by atoms with Gasteiger partial charge in [0.15, 0.2) is 0 Å². The van der Waals surface area contributed by atoms with Gasteiger partial charge in [-0.3, -0.25) is 14.5 Å². The topological polar surface area (TPSA) is 67.9 Å². The largest absolute Gasteiger partial charge is 0.497 e.